The number of fused-ring (bicyclic) bond motifs is 1. The Kier molecular flexibility index (Phi) is 4.87. The number of amides is 1. The molecule has 2 aliphatic rings. The molecule has 3 heterocycles. The molecule has 1 amide bonds. The summed E-state index contributed by atoms with van der Waals surface area (Å²) < 4.78 is 12.7. The summed E-state index contributed by atoms with van der Waals surface area (Å²) in [4.78, 5) is 14.9. The van der Waals surface area contributed by atoms with Crippen molar-refractivity contribution in [2.75, 3.05) is 19.8 Å². The molecular formula is C19H22ClN3O3. The topological polar surface area (TPSA) is 56.6 Å². The van der Waals surface area contributed by atoms with E-state index in [1.54, 1.807) is 10.9 Å². The number of carbonyl (C=O) groups is 1. The van der Waals surface area contributed by atoms with Crippen LogP contribution in [0.15, 0.2) is 24.4 Å². The lowest BCUT2D eigenvalue weighted by Crippen LogP contribution is -2.35. The smallest absolute Gasteiger partial charge is 0.228 e. The maximum Gasteiger partial charge on any atom is 0.228 e. The number of rotatable bonds is 5. The van der Waals surface area contributed by atoms with Crippen LogP contribution in [0.1, 0.15) is 23.2 Å². The van der Waals surface area contributed by atoms with Crippen LogP contribution in [0.5, 0.6) is 5.75 Å². The second-order valence-electron chi connectivity index (χ2n) is 6.89. The van der Waals surface area contributed by atoms with Crippen molar-refractivity contribution in [3.63, 3.8) is 0 Å². The summed E-state index contributed by atoms with van der Waals surface area (Å²) in [6.07, 6.45) is 3.44. The number of nitrogens with zero attached hydrogens (tertiary/aromatic N) is 3. The van der Waals surface area contributed by atoms with Gasteiger partial charge in [0.1, 0.15) is 11.4 Å². The van der Waals surface area contributed by atoms with Gasteiger partial charge in [-0.15, -0.1) is 0 Å². The van der Waals surface area contributed by atoms with Gasteiger partial charge in [-0.2, -0.15) is 5.10 Å². The van der Waals surface area contributed by atoms with Crippen molar-refractivity contribution in [1.82, 2.24) is 14.7 Å². The summed E-state index contributed by atoms with van der Waals surface area (Å²) in [5.74, 6) is 0.958. The van der Waals surface area contributed by atoms with Crippen LogP contribution in [-0.2, 0) is 36.1 Å². The molecule has 1 aromatic carbocycles. The van der Waals surface area contributed by atoms with Crippen LogP contribution in [0.2, 0.25) is 5.02 Å². The number of benzene rings is 1. The molecule has 6 nitrogen and oxygen atoms in total. The van der Waals surface area contributed by atoms with Crippen LogP contribution >= 0.6 is 11.6 Å². The summed E-state index contributed by atoms with van der Waals surface area (Å²) in [6, 6.07) is 6.15. The van der Waals surface area contributed by atoms with Gasteiger partial charge in [0.2, 0.25) is 5.91 Å². The van der Waals surface area contributed by atoms with Crippen LogP contribution in [0, 0.1) is 5.92 Å². The Hall–Kier alpha value is -2.05. The molecule has 0 unspecified atom stereocenters. The molecule has 0 spiro atoms. The van der Waals surface area contributed by atoms with Gasteiger partial charge in [0.05, 0.1) is 30.7 Å². The summed E-state index contributed by atoms with van der Waals surface area (Å²) in [7, 11) is 1.83. The maximum atomic E-state index is 13.0. The molecule has 1 atom stereocenters. The standard InChI is InChI=1S/C19H22ClN3O3/c1-22-10-16(20)17(21-22)11-23(19(24)15-4-6-25-12-15)9-13-2-3-18-14(8-13)5-7-26-18/h2-3,8,10,15H,4-7,9,11-12H2,1H3/t15-/m1/s1. The van der Waals surface area contributed by atoms with Gasteiger partial charge in [-0.25, -0.2) is 0 Å². The lowest BCUT2D eigenvalue weighted by atomic mass is 10.0. The zero-order chi connectivity index (χ0) is 18.1. The van der Waals surface area contributed by atoms with Crippen LogP contribution in [-0.4, -0.2) is 40.4 Å². The summed E-state index contributed by atoms with van der Waals surface area (Å²) in [5.41, 5.74) is 3.01. The molecule has 138 valence electrons. The summed E-state index contributed by atoms with van der Waals surface area (Å²) in [6.45, 7) is 2.77. The Morgan fingerprint density at radius 2 is 2.27 bits per heavy atom. The molecule has 2 aromatic rings. The van der Waals surface area contributed by atoms with E-state index < -0.39 is 0 Å². The van der Waals surface area contributed by atoms with Crippen molar-refractivity contribution < 1.29 is 14.3 Å². The number of hydrogen-bond donors (Lipinski definition) is 0. The SMILES string of the molecule is Cn1cc(Cl)c(CN(Cc2ccc3c(c2)CCO3)C(=O)[C@@H]2CCOC2)n1. The quantitative estimate of drug-likeness (QED) is 0.806. The summed E-state index contributed by atoms with van der Waals surface area (Å²) in [5, 5.41) is 4.98. The van der Waals surface area contributed by atoms with Crippen LogP contribution < -0.4 is 4.74 Å². The third-order valence-corrected chi connectivity index (χ3v) is 5.23. The number of aromatic nitrogens is 2. The minimum absolute atomic E-state index is 0.0877. The second-order valence-corrected chi connectivity index (χ2v) is 7.30. The highest BCUT2D eigenvalue weighted by atomic mass is 35.5. The Morgan fingerprint density at radius 3 is 3.00 bits per heavy atom. The average Bonchev–Trinajstić information content (AvgIpc) is 3.35. The van der Waals surface area contributed by atoms with Gasteiger partial charge in [-0.05, 0) is 23.6 Å². The second kappa shape index (κ2) is 7.29. The zero-order valence-corrected chi connectivity index (χ0v) is 15.5. The van der Waals surface area contributed by atoms with E-state index in [4.69, 9.17) is 21.1 Å². The van der Waals surface area contributed by atoms with Crippen molar-refractivity contribution in [2.45, 2.75) is 25.9 Å². The molecule has 0 radical (unpaired) electrons. The van der Waals surface area contributed by atoms with E-state index in [9.17, 15) is 4.79 Å². The number of aryl methyl sites for hydroxylation is 1. The predicted octanol–water partition coefficient (Wildman–Crippen LogP) is 2.57. The van der Waals surface area contributed by atoms with E-state index in [0.717, 1.165) is 30.8 Å². The molecular weight excluding hydrogens is 354 g/mol. The van der Waals surface area contributed by atoms with Crippen molar-refractivity contribution >= 4 is 17.5 Å². The van der Waals surface area contributed by atoms with Crippen molar-refractivity contribution in [2.24, 2.45) is 13.0 Å². The third-order valence-electron chi connectivity index (χ3n) is 4.91. The third kappa shape index (κ3) is 3.57. The Labute approximate surface area is 157 Å². The fourth-order valence-electron chi connectivity index (χ4n) is 3.55. The normalized spacial score (nSPS) is 18.6. The van der Waals surface area contributed by atoms with E-state index in [1.165, 1.54) is 5.56 Å². The Balaban J connectivity index is 1.57. The number of carbonyl (C=O) groups excluding carboxylic acids is 1. The largest absolute Gasteiger partial charge is 0.493 e. The lowest BCUT2D eigenvalue weighted by molar-refractivity contribution is -0.136. The van der Waals surface area contributed by atoms with Crippen molar-refractivity contribution in [3.8, 4) is 5.75 Å². The lowest BCUT2D eigenvalue weighted by Gasteiger charge is -2.25. The van der Waals surface area contributed by atoms with Crippen LogP contribution in [0.25, 0.3) is 0 Å². The van der Waals surface area contributed by atoms with Crippen LogP contribution in [0.3, 0.4) is 0 Å². The maximum absolute atomic E-state index is 13.0. The van der Waals surface area contributed by atoms with E-state index in [2.05, 4.69) is 11.2 Å². The highest BCUT2D eigenvalue weighted by Gasteiger charge is 2.29. The Bertz CT molecular complexity index is 814. The fraction of sp³-hybridized carbons (Fsp3) is 0.474. The van der Waals surface area contributed by atoms with Gasteiger partial charge >= 0.3 is 0 Å². The zero-order valence-electron chi connectivity index (χ0n) is 14.8. The molecule has 0 bridgehead atoms. The first-order chi connectivity index (χ1) is 12.6. The number of hydrogen-bond acceptors (Lipinski definition) is 4. The van der Waals surface area contributed by atoms with Gasteiger partial charge in [-0.3, -0.25) is 9.48 Å². The molecule has 0 N–H and O–H groups in total. The highest BCUT2D eigenvalue weighted by molar-refractivity contribution is 6.31. The minimum atomic E-state index is -0.0877. The summed E-state index contributed by atoms with van der Waals surface area (Å²) >= 11 is 6.27. The van der Waals surface area contributed by atoms with Crippen molar-refractivity contribution in [3.05, 3.63) is 46.2 Å². The molecule has 0 aliphatic carbocycles. The van der Waals surface area contributed by atoms with E-state index in [0.29, 0.717) is 37.0 Å². The fourth-order valence-corrected chi connectivity index (χ4v) is 3.79. The van der Waals surface area contributed by atoms with E-state index in [-0.39, 0.29) is 11.8 Å². The first kappa shape index (κ1) is 17.4. The molecule has 1 aromatic heterocycles. The molecule has 26 heavy (non-hydrogen) atoms. The van der Waals surface area contributed by atoms with Gasteiger partial charge in [0.15, 0.2) is 0 Å². The van der Waals surface area contributed by atoms with Gasteiger partial charge in [0.25, 0.3) is 0 Å². The van der Waals surface area contributed by atoms with Gasteiger partial charge in [-0.1, -0.05) is 23.7 Å². The average molecular weight is 376 g/mol. The molecule has 1 fully saturated rings. The number of halogens is 1. The van der Waals surface area contributed by atoms with Crippen LogP contribution in [0.4, 0.5) is 0 Å². The monoisotopic (exact) mass is 375 g/mol. The molecule has 0 saturated carbocycles. The first-order valence-corrected chi connectivity index (χ1v) is 9.27. The molecule has 7 heteroatoms. The predicted molar refractivity (Wildman–Crippen MR) is 97.0 cm³/mol. The first-order valence-electron chi connectivity index (χ1n) is 8.89. The minimum Gasteiger partial charge on any atom is -0.493 e. The van der Waals surface area contributed by atoms with Gasteiger partial charge < -0.3 is 14.4 Å². The van der Waals surface area contributed by atoms with Gasteiger partial charge in [0, 0.05) is 32.8 Å². The molecule has 2 aliphatic heterocycles. The van der Waals surface area contributed by atoms with E-state index in [1.807, 2.05) is 24.1 Å². The number of ether oxygens (including phenoxy) is 2. The Morgan fingerprint density at radius 1 is 1.38 bits per heavy atom. The molecule has 1 saturated heterocycles. The van der Waals surface area contributed by atoms with E-state index >= 15 is 0 Å². The highest BCUT2D eigenvalue weighted by Crippen LogP contribution is 2.27. The van der Waals surface area contributed by atoms with Crippen molar-refractivity contribution in [1.29, 1.82) is 0 Å². The molecule has 4 rings (SSSR count).